The number of carboxylic acid groups (broad SMARTS) is 1. The molecule has 1 amide bonds. The Balaban J connectivity index is 2.02. The number of anilines is 1. The number of amides is 1. The van der Waals surface area contributed by atoms with E-state index in [9.17, 15) is 24.8 Å². The SMILES string of the molecule is CC1CCC(C(=O)N(c2cc(-c3cccc([N+](=O)[O-])c3)sc2C(=O)O)C(C)C)CC1. The molecule has 0 atom stereocenters. The number of nitrogens with zero attached hydrogens (tertiary/aromatic N) is 2. The maximum absolute atomic E-state index is 13.4. The van der Waals surface area contributed by atoms with Gasteiger partial charge in [0, 0.05) is 29.0 Å². The molecule has 0 spiro atoms. The van der Waals surface area contributed by atoms with Gasteiger partial charge < -0.3 is 10.0 Å². The number of rotatable bonds is 6. The van der Waals surface area contributed by atoms with Gasteiger partial charge in [0.05, 0.1) is 10.6 Å². The molecule has 1 heterocycles. The van der Waals surface area contributed by atoms with Crippen molar-refractivity contribution in [2.24, 2.45) is 11.8 Å². The van der Waals surface area contributed by atoms with Crippen molar-refractivity contribution < 1.29 is 19.6 Å². The first kappa shape index (κ1) is 22.0. The van der Waals surface area contributed by atoms with E-state index in [0.29, 0.717) is 22.0 Å². The highest BCUT2D eigenvalue weighted by Crippen LogP contribution is 2.40. The molecule has 30 heavy (non-hydrogen) atoms. The largest absolute Gasteiger partial charge is 0.477 e. The van der Waals surface area contributed by atoms with E-state index < -0.39 is 10.9 Å². The van der Waals surface area contributed by atoms with Crippen LogP contribution < -0.4 is 4.90 Å². The Bertz CT molecular complexity index is 960. The summed E-state index contributed by atoms with van der Waals surface area (Å²) < 4.78 is 0. The van der Waals surface area contributed by atoms with Crippen LogP contribution in [0.2, 0.25) is 0 Å². The molecule has 1 aliphatic carbocycles. The molecule has 7 nitrogen and oxygen atoms in total. The van der Waals surface area contributed by atoms with Crippen molar-refractivity contribution in [2.75, 3.05) is 4.90 Å². The quantitative estimate of drug-likeness (QED) is 0.475. The van der Waals surface area contributed by atoms with Gasteiger partial charge in [0.25, 0.3) is 5.69 Å². The molecule has 8 heteroatoms. The van der Waals surface area contributed by atoms with E-state index in [-0.39, 0.29) is 28.4 Å². The Labute approximate surface area is 179 Å². The first-order chi connectivity index (χ1) is 14.2. The number of nitro groups is 1. The average Bonchev–Trinajstić information content (AvgIpc) is 3.13. The Hall–Kier alpha value is -2.74. The van der Waals surface area contributed by atoms with Crippen LogP contribution in [0.4, 0.5) is 11.4 Å². The maximum atomic E-state index is 13.4. The fraction of sp³-hybridized carbons (Fsp3) is 0.455. The number of carboxylic acids is 1. The van der Waals surface area contributed by atoms with Crippen molar-refractivity contribution in [3.63, 3.8) is 0 Å². The van der Waals surface area contributed by atoms with Crippen LogP contribution in [0.3, 0.4) is 0 Å². The molecule has 1 aromatic heterocycles. The Morgan fingerprint density at radius 1 is 1.20 bits per heavy atom. The van der Waals surface area contributed by atoms with Crippen LogP contribution in [0, 0.1) is 22.0 Å². The van der Waals surface area contributed by atoms with Gasteiger partial charge in [-0.15, -0.1) is 11.3 Å². The molecule has 1 N–H and O–H groups in total. The van der Waals surface area contributed by atoms with Gasteiger partial charge in [-0.05, 0) is 57.1 Å². The van der Waals surface area contributed by atoms with Crippen molar-refractivity contribution in [1.82, 2.24) is 0 Å². The second-order valence-corrected chi connectivity index (χ2v) is 9.25. The third-order valence-electron chi connectivity index (χ3n) is 5.63. The lowest BCUT2D eigenvalue weighted by atomic mass is 9.82. The molecular formula is C22H26N2O5S. The Kier molecular flexibility index (Phi) is 6.55. The maximum Gasteiger partial charge on any atom is 0.348 e. The number of benzene rings is 1. The molecular weight excluding hydrogens is 404 g/mol. The second kappa shape index (κ2) is 8.95. The van der Waals surface area contributed by atoms with Crippen LogP contribution in [0.5, 0.6) is 0 Å². The number of thiophene rings is 1. The van der Waals surface area contributed by atoms with E-state index in [1.165, 1.54) is 12.1 Å². The van der Waals surface area contributed by atoms with E-state index in [2.05, 4.69) is 6.92 Å². The third-order valence-corrected chi connectivity index (χ3v) is 6.79. The van der Waals surface area contributed by atoms with Crippen LogP contribution in [-0.4, -0.2) is 27.9 Å². The Morgan fingerprint density at radius 2 is 1.87 bits per heavy atom. The van der Waals surface area contributed by atoms with Gasteiger partial charge in [0.2, 0.25) is 5.91 Å². The minimum Gasteiger partial charge on any atom is -0.477 e. The predicted octanol–water partition coefficient (Wildman–Crippen LogP) is 5.59. The van der Waals surface area contributed by atoms with E-state index in [1.54, 1.807) is 23.1 Å². The Morgan fingerprint density at radius 3 is 2.43 bits per heavy atom. The number of carbonyl (C=O) groups excluding carboxylic acids is 1. The summed E-state index contributed by atoms with van der Waals surface area (Å²) in [5.74, 6) is -0.644. The lowest BCUT2D eigenvalue weighted by molar-refractivity contribution is -0.384. The van der Waals surface area contributed by atoms with Crippen LogP contribution in [0.25, 0.3) is 10.4 Å². The van der Waals surface area contributed by atoms with Gasteiger partial charge in [-0.1, -0.05) is 19.1 Å². The number of hydrogen-bond acceptors (Lipinski definition) is 5. The topological polar surface area (TPSA) is 101 Å². The first-order valence-electron chi connectivity index (χ1n) is 10.1. The third kappa shape index (κ3) is 4.53. The number of nitro benzene ring substituents is 1. The van der Waals surface area contributed by atoms with Gasteiger partial charge in [0.15, 0.2) is 0 Å². The van der Waals surface area contributed by atoms with Gasteiger partial charge in [0.1, 0.15) is 4.88 Å². The van der Waals surface area contributed by atoms with Crippen LogP contribution in [0.1, 0.15) is 56.1 Å². The van der Waals surface area contributed by atoms with Gasteiger partial charge >= 0.3 is 5.97 Å². The van der Waals surface area contributed by atoms with Crippen molar-refractivity contribution in [3.8, 4) is 10.4 Å². The van der Waals surface area contributed by atoms with Gasteiger partial charge in [-0.2, -0.15) is 0 Å². The highest BCUT2D eigenvalue weighted by molar-refractivity contribution is 7.18. The highest BCUT2D eigenvalue weighted by atomic mass is 32.1. The fourth-order valence-electron chi connectivity index (χ4n) is 3.98. The van der Waals surface area contributed by atoms with Gasteiger partial charge in [-0.3, -0.25) is 14.9 Å². The zero-order chi connectivity index (χ0) is 22.0. The molecule has 0 aliphatic heterocycles. The van der Waals surface area contributed by atoms with E-state index >= 15 is 0 Å². The van der Waals surface area contributed by atoms with Crippen molar-refractivity contribution >= 4 is 34.6 Å². The van der Waals surface area contributed by atoms with Crippen molar-refractivity contribution in [2.45, 2.75) is 52.5 Å². The zero-order valence-electron chi connectivity index (χ0n) is 17.3. The summed E-state index contributed by atoms with van der Waals surface area (Å²) in [6, 6.07) is 7.56. The zero-order valence-corrected chi connectivity index (χ0v) is 18.1. The number of hydrogen-bond donors (Lipinski definition) is 1. The highest BCUT2D eigenvalue weighted by Gasteiger charge is 2.33. The van der Waals surface area contributed by atoms with Gasteiger partial charge in [-0.25, -0.2) is 4.79 Å². The molecule has 2 aromatic rings. The molecule has 160 valence electrons. The lowest BCUT2D eigenvalue weighted by Gasteiger charge is -2.33. The minimum atomic E-state index is -1.11. The van der Waals surface area contributed by atoms with Crippen LogP contribution >= 0.6 is 11.3 Å². The molecule has 0 radical (unpaired) electrons. The summed E-state index contributed by atoms with van der Waals surface area (Å²) >= 11 is 1.04. The molecule has 1 aromatic carbocycles. The summed E-state index contributed by atoms with van der Waals surface area (Å²) in [6.45, 7) is 5.94. The second-order valence-electron chi connectivity index (χ2n) is 8.20. The monoisotopic (exact) mass is 430 g/mol. The summed E-state index contributed by atoms with van der Waals surface area (Å²) in [4.78, 5) is 38.2. The lowest BCUT2D eigenvalue weighted by Crippen LogP contribution is -2.42. The molecule has 1 aliphatic rings. The van der Waals surface area contributed by atoms with E-state index in [1.807, 2.05) is 13.8 Å². The van der Waals surface area contributed by atoms with Crippen molar-refractivity contribution in [3.05, 3.63) is 45.3 Å². The normalized spacial score (nSPS) is 18.9. The molecule has 1 saturated carbocycles. The van der Waals surface area contributed by atoms with Crippen LogP contribution in [-0.2, 0) is 4.79 Å². The average molecular weight is 431 g/mol. The summed E-state index contributed by atoms with van der Waals surface area (Å²) in [7, 11) is 0. The fourth-order valence-corrected chi connectivity index (χ4v) is 4.97. The van der Waals surface area contributed by atoms with Crippen LogP contribution in [0.15, 0.2) is 30.3 Å². The summed E-state index contributed by atoms with van der Waals surface area (Å²) in [6.07, 6.45) is 3.62. The smallest absolute Gasteiger partial charge is 0.348 e. The molecule has 0 unspecified atom stereocenters. The minimum absolute atomic E-state index is 0.0391. The van der Waals surface area contributed by atoms with Crippen molar-refractivity contribution in [1.29, 1.82) is 0 Å². The molecule has 1 fully saturated rings. The number of aromatic carboxylic acids is 1. The first-order valence-corrected chi connectivity index (χ1v) is 11.0. The van der Waals surface area contributed by atoms with E-state index in [4.69, 9.17) is 0 Å². The number of non-ortho nitro benzene ring substituents is 1. The molecule has 0 bridgehead atoms. The standard InChI is InChI=1S/C22H26N2O5S/c1-13(2)23(21(25)15-9-7-14(3)8-10-15)18-12-19(30-20(18)22(26)27)16-5-4-6-17(11-16)24(28)29/h4-6,11-15H,7-10H2,1-3H3,(H,26,27). The summed E-state index contributed by atoms with van der Waals surface area (Å²) in [5.41, 5.74) is 0.866. The summed E-state index contributed by atoms with van der Waals surface area (Å²) in [5, 5.41) is 20.9. The van der Waals surface area contributed by atoms with E-state index in [0.717, 1.165) is 37.0 Å². The number of carbonyl (C=O) groups is 2. The molecule has 0 saturated heterocycles. The molecule has 3 rings (SSSR count). The predicted molar refractivity (Wildman–Crippen MR) is 117 cm³/mol.